The van der Waals surface area contributed by atoms with Crippen molar-refractivity contribution in [3.05, 3.63) is 35.4 Å². The van der Waals surface area contributed by atoms with Crippen molar-refractivity contribution in [3.63, 3.8) is 0 Å². The molecule has 0 spiro atoms. The molecule has 0 atom stereocenters. The molecule has 1 aromatic rings. The van der Waals surface area contributed by atoms with Gasteiger partial charge in [-0.25, -0.2) is 0 Å². The summed E-state index contributed by atoms with van der Waals surface area (Å²) in [6.07, 6.45) is 0.503. The Bertz CT molecular complexity index is 426. The van der Waals surface area contributed by atoms with Crippen LogP contribution in [0.5, 0.6) is 0 Å². The van der Waals surface area contributed by atoms with Crippen molar-refractivity contribution >= 4 is 5.78 Å². The third kappa shape index (κ3) is 2.47. The number of hydrogen-bond acceptors (Lipinski definition) is 2. The molecule has 0 heterocycles. The van der Waals surface area contributed by atoms with E-state index in [0.29, 0.717) is 12.0 Å². The Labute approximate surface area is 83.2 Å². The molecule has 0 unspecified atom stereocenters. The largest absolute Gasteiger partial charge is 0.294 e. The number of Topliss-reactive ketones (excluding diaryl/α,β-unsaturated/α-hetero) is 1. The van der Waals surface area contributed by atoms with Gasteiger partial charge in [0, 0.05) is 23.5 Å². The summed E-state index contributed by atoms with van der Waals surface area (Å²) >= 11 is 0. The van der Waals surface area contributed by atoms with Gasteiger partial charge in [-0.05, 0) is 12.1 Å². The monoisotopic (exact) mass is 183 g/mol. The molecule has 68 valence electrons. The molecule has 0 amide bonds. The second kappa shape index (κ2) is 4.84. The molecule has 0 saturated heterocycles. The van der Waals surface area contributed by atoms with Gasteiger partial charge in [0.1, 0.15) is 0 Å². The number of ketones is 1. The van der Waals surface area contributed by atoms with Gasteiger partial charge in [0.05, 0.1) is 0 Å². The Kier molecular flexibility index (Phi) is 3.47. The molecule has 0 aliphatic carbocycles. The highest BCUT2D eigenvalue weighted by Gasteiger charge is 2.00. The van der Waals surface area contributed by atoms with Crippen LogP contribution in [0.4, 0.5) is 0 Å². The quantitative estimate of drug-likeness (QED) is 0.520. The molecule has 0 aliphatic heterocycles. The molecule has 1 aromatic carbocycles. The van der Waals surface area contributed by atoms with Gasteiger partial charge in [-0.1, -0.05) is 25.0 Å². The molecule has 1 rings (SSSR count). The number of benzene rings is 1. The number of carbonyl (C=O) groups excluding carboxylic acids is 1. The number of rotatable bonds is 2. The summed E-state index contributed by atoms with van der Waals surface area (Å²) in [6.45, 7) is 1.83. The second-order valence-electron chi connectivity index (χ2n) is 2.72. The molecular weight excluding hydrogens is 174 g/mol. The summed E-state index contributed by atoms with van der Waals surface area (Å²) in [6, 6.07) is 8.68. The third-order valence-electron chi connectivity index (χ3n) is 1.79. The fourth-order valence-electron chi connectivity index (χ4n) is 1.04. The first-order valence-electron chi connectivity index (χ1n) is 4.31. The minimum absolute atomic E-state index is 0.116. The number of carbonyl (C=O) groups is 1. The zero-order valence-electron chi connectivity index (χ0n) is 7.87. The van der Waals surface area contributed by atoms with Gasteiger partial charge in [0.15, 0.2) is 11.9 Å². The average Bonchev–Trinajstić information content (AvgIpc) is 2.26. The lowest BCUT2D eigenvalue weighted by Gasteiger charge is -1.96. The summed E-state index contributed by atoms with van der Waals surface area (Å²) < 4.78 is 0. The third-order valence-corrected chi connectivity index (χ3v) is 1.79. The van der Waals surface area contributed by atoms with Crippen LogP contribution in [-0.2, 0) is 0 Å². The van der Waals surface area contributed by atoms with Crippen molar-refractivity contribution in [2.45, 2.75) is 13.3 Å². The second-order valence-corrected chi connectivity index (χ2v) is 2.72. The Hall–Kier alpha value is -2.06. The standard InChI is InChI=1S/C12H9NO/c1-2-12(14)11-7-5-10(6-8-11)4-3-9-13/h5-8H,2H2,1H3. The molecule has 2 nitrogen and oxygen atoms in total. The molecule has 0 saturated carbocycles. The Morgan fingerprint density at radius 1 is 1.36 bits per heavy atom. The van der Waals surface area contributed by atoms with E-state index < -0.39 is 0 Å². The lowest BCUT2D eigenvalue weighted by Crippen LogP contribution is -1.95. The van der Waals surface area contributed by atoms with E-state index in [4.69, 9.17) is 5.26 Å². The minimum atomic E-state index is 0.116. The van der Waals surface area contributed by atoms with Crippen molar-refractivity contribution in [1.82, 2.24) is 0 Å². The predicted molar refractivity (Wildman–Crippen MR) is 53.6 cm³/mol. The first kappa shape index (κ1) is 10.0. The molecule has 0 aromatic heterocycles. The molecular formula is C12H9NO. The summed E-state index contributed by atoms with van der Waals surface area (Å²) in [7, 11) is 0. The van der Waals surface area contributed by atoms with Gasteiger partial charge < -0.3 is 0 Å². The zero-order valence-corrected chi connectivity index (χ0v) is 7.87. The maximum absolute atomic E-state index is 11.3. The molecule has 2 heteroatoms. The van der Waals surface area contributed by atoms with Crippen LogP contribution in [0.15, 0.2) is 24.3 Å². The SMILES string of the molecule is CCC(=O)c1ccc(C#CC#N)cc1. The first-order valence-corrected chi connectivity index (χ1v) is 4.31. The van der Waals surface area contributed by atoms with Crippen LogP contribution in [0.2, 0.25) is 0 Å². The summed E-state index contributed by atoms with van der Waals surface area (Å²) in [5.41, 5.74) is 1.44. The molecule has 14 heavy (non-hydrogen) atoms. The van der Waals surface area contributed by atoms with Gasteiger partial charge in [-0.15, -0.1) is 0 Å². The highest BCUT2D eigenvalue weighted by atomic mass is 16.1. The predicted octanol–water partition coefficient (Wildman–Crippen LogP) is 2.15. The van der Waals surface area contributed by atoms with Crippen LogP contribution in [0.25, 0.3) is 0 Å². The summed E-state index contributed by atoms with van der Waals surface area (Å²) in [5, 5.41) is 8.23. The van der Waals surface area contributed by atoms with E-state index >= 15 is 0 Å². The van der Waals surface area contributed by atoms with E-state index in [2.05, 4.69) is 11.8 Å². The van der Waals surface area contributed by atoms with E-state index in [9.17, 15) is 4.79 Å². The number of nitrogens with zero attached hydrogens (tertiary/aromatic N) is 1. The Morgan fingerprint density at radius 3 is 2.50 bits per heavy atom. The highest BCUT2D eigenvalue weighted by molar-refractivity contribution is 5.95. The van der Waals surface area contributed by atoms with Crippen LogP contribution < -0.4 is 0 Å². The zero-order chi connectivity index (χ0) is 10.4. The topological polar surface area (TPSA) is 40.9 Å². The van der Waals surface area contributed by atoms with Gasteiger partial charge in [-0.3, -0.25) is 4.79 Å². The van der Waals surface area contributed by atoms with Crippen LogP contribution in [-0.4, -0.2) is 5.78 Å². The highest BCUT2D eigenvalue weighted by Crippen LogP contribution is 2.05. The van der Waals surface area contributed by atoms with E-state index in [1.165, 1.54) is 0 Å². The normalized spacial score (nSPS) is 8.29. The van der Waals surface area contributed by atoms with Gasteiger partial charge in [0.2, 0.25) is 0 Å². The summed E-state index contributed by atoms with van der Waals surface area (Å²) in [4.78, 5) is 11.3. The Balaban J connectivity index is 2.90. The first-order chi connectivity index (χ1) is 6.77. The fraction of sp³-hybridized carbons (Fsp3) is 0.167. The molecule has 0 radical (unpaired) electrons. The van der Waals surface area contributed by atoms with Crippen molar-refractivity contribution < 1.29 is 4.79 Å². The molecule has 0 aliphatic rings. The molecule has 0 bridgehead atoms. The van der Waals surface area contributed by atoms with Crippen molar-refractivity contribution in [2.75, 3.05) is 0 Å². The number of nitriles is 1. The van der Waals surface area contributed by atoms with Crippen molar-refractivity contribution in [3.8, 4) is 17.9 Å². The van der Waals surface area contributed by atoms with E-state index in [0.717, 1.165) is 5.56 Å². The van der Waals surface area contributed by atoms with Gasteiger partial charge in [-0.2, -0.15) is 5.26 Å². The van der Waals surface area contributed by atoms with Crippen molar-refractivity contribution in [2.24, 2.45) is 0 Å². The Morgan fingerprint density at radius 2 is 2.00 bits per heavy atom. The molecule has 0 N–H and O–H groups in total. The smallest absolute Gasteiger partial charge is 0.162 e. The van der Waals surface area contributed by atoms with Crippen LogP contribution in [0, 0.1) is 23.2 Å². The lowest BCUT2D eigenvalue weighted by atomic mass is 10.1. The lowest BCUT2D eigenvalue weighted by molar-refractivity contribution is 0.0988. The van der Waals surface area contributed by atoms with Gasteiger partial charge in [0.25, 0.3) is 0 Å². The van der Waals surface area contributed by atoms with E-state index in [1.807, 2.05) is 6.92 Å². The van der Waals surface area contributed by atoms with Gasteiger partial charge >= 0.3 is 0 Å². The molecule has 0 fully saturated rings. The van der Waals surface area contributed by atoms with Crippen molar-refractivity contribution in [1.29, 1.82) is 5.26 Å². The number of hydrogen-bond donors (Lipinski definition) is 0. The van der Waals surface area contributed by atoms with E-state index in [-0.39, 0.29) is 5.78 Å². The van der Waals surface area contributed by atoms with E-state index in [1.54, 1.807) is 30.3 Å². The fourth-order valence-corrected chi connectivity index (χ4v) is 1.04. The summed E-state index contributed by atoms with van der Waals surface area (Å²) in [5.74, 6) is 5.07. The minimum Gasteiger partial charge on any atom is -0.294 e. The average molecular weight is 183 g/mol. The van der Waals surface area contributed by atoms with Crippen LogP contribution >= 0.6 is 0 Å². The maximum atomic E-state index is 11.3. The van der Waals surface area contributed by atoms with Crippen LogP contribution in [0.3, 0.4) is 0 Å². The van der Waals surface area contributed by atoms with Crippen LogP contribution in [0.1, 0.15) is 29.3 Å². The maximum Gasteiger partial charge on any atom is 0.162 e.